The highest BCUT2D eigenvalue weighted by atomic mass is 35.5. The Balaban J connectivity index is 1.08. The lowest BCUT2D eigenvalue weighted by atomic mass is 9.99. The molecule has 2 aromatic carbocycles. The quantitative estimate of drug-likeness (QED) is 0.123. The molecule has 0 spiro atoms. The Labute approximate surface area is 300 Å². The average Bonchev–Trinajstić information content (AvgIpc) is 3.75. The maximum absolute atomic E-state index is 11.5. The van der Waals surface area contributed by atoms with E-state index in [1.54, 1.807) is 19.5 Å². The number of aromatic nitrogens is 3. The molecule has 50 heavy (non-hydrogen) atoms. The van der Waals surface area contributed by atoms with Gasteiger partial charge in [-0.1, -0.05) is 59.6 Å². The van der Waals surface area contributed by atoms with Gasteiger partial charge in [0.2, 0.25) is 17.7 Å². The zero-order valence-electron chi connectivity index (χ0n) is 27.6. The summed E-state index contributed by atoms with van der Waals surface area (Å²) in [6.07, 6.45) is 6.39. The van der Waals surface area contributed by atoms with Crippen LogP contribution in [0.1, 0.15) is 36.8 Å². The van der Waals surface area contributed by atoms with Crippen LogP contribution in [0.4, 0.5) is 0 Å². The van der Waals surface area contributed by atoms with E-state index in [9.17, 15) is 9.59 Å². The minimum Gasteiger partial charge on any atom is -0.481 e. The minimum atomic E-state index is 0.0993. The molecular formula is C38H37Cl2N7O3. The summed E-state index contributed by atoms with van der Waals surface area (Å²) in [5, 5.41) is 14.7. The summed E-state index contributed by atoms with van der Waals surface area (Å²) in [5.74, 6) is 0.724. The van der Waals surface area contributed by atoms with Gasteiger partial charge in [0.1, 0.15) is 0 Å². The van der Waals surface area contributed by atoms with Crippen molar-refractivity contribution in [3.63, 3.8) is 0 Å². The van der Waals surface area contributed by atoms with E-state index in [1.165, 1.54) is 0 Å². The fourth-order valence-corrected chi connectivity index (χ4v) is 7.21. The Hall–Kier alpha value is -4.61. The molecule has 7 rings (SSSR count). The maximum Gasteiger partial charge on any atom is 0.220 e. The number of fused-ring (bicyclic) bond motifs is 1. The second-order valence-corrected chi connectivity index (χ2v) is 13.4. The summed E-state index contributed by atoms with van der Waals surface area (Å²) in [6, 6.07) is 20.1. The number of carbonyl (C=O) groups is 2. The van der Waals surface area contributed by atoms with Crippen LogP contribution < -0.4 is 26.0 Å². The first kappa shape index (κ1) is 33.9. The van der Waals surface area contributed by atoms with Crippen molar-refractivity contribution in [1.29, 1.82) is 0 Å². The van der Waals surface area contributed by atoms with Crippen LogP contribution in [0.15, 0.2) is 73.1 Å². The third kappa shape index (κ3) is 7.44. The second kappa shape index (κ2) is 15.1. The van der Waals surface area contributed by atoms with E-state index in [4.69, 9.17) is 37.9 Å². The van der Waals surface area contributed by atoms with Crippen LogP contribution in [-0.2, 0) is 22.7 Å². The van der Waals surface area contributed by atoms with Gasteiger partial charge in [-0.05, 0) is 42.7 Å². The van der Waals surface area contributed by atoms with Crippen molar-refractivity contribution in [1.82, 2.24) is 36.2 Å². The molecule has 0 radical (unpaired) electrons. The van der Waals surface area contributed by atoms with Gasteiger partial charge in [0, 0.05) is 96.7 Å². The lowest BCUT2D eigenvalue weighted by molar-refractivity contribution is -0.120. The zero-order chi connectivity index (χ0) is 34.6. The highest BCUT2D eigenvalue weighted by Crippen LogP contribution is 2.42. The maximum atomic E-state index is 11.5. The van der Waals surface area contributed by atoms with Crippen molar-refractivity contribution in [2.24, 2.45) is 0 Å². The first-order valence-electron chi connectivity index (χ1n) is 16.7. The van der Waals surface area contributed by atoms with Gasteiger partial charge in [-0.3, -0.25) is 19.6 Å². The zero-order valence-corrected chi connectivity index (χ0v) is 29.1. The van der Waals surface area contributed by atoms with Crippen LogP contribution in [0.3, 0.4) is 0 Å². The molecule has 0 saturated carbocycles. The number of amides is 2. The van der Waals surface area contributed by atoms with Gasteiger partial charge >= 0.3 is 0 Å². The van der Waals surface area contributed by atoms with Gasteiger partial charge in [0.15, 0.2) is 0 Å². The number of benzene rings is 2. The number of nitrogens with zero attached hydrogens (tertiary/aromatic N) is 3. The number of hydrogen-bond acceptors (Lipinski definition) is 8. The topological polar surface area (TPSA) is 130 Å². The predicted molar refractivity (Wildman–Crippen MR) is 196 cm³/mol. The van der Waals surface area contributed by atoms with Gasteiger partial charge in [-0.15, -0.1) is 0 Å². The largest absolute Gasteiger partial charge is 0.481 e. The van der Waals surface area contributed by atoms with Crippen LogP contribution >= 0.6 is 23.2 Å². The van der Waals surface area contributed by atoms with Gasteiger partial charge < -0.3 is 26.0 Å². The Morgan fingerprint density at radius 1 is 0.820 bits per heavy atom. The number of ether oxygens (including phenoxy) is 1. The minimum absolute atomic E-state index is 0.0993. The van der Waals surface area contributed by atoms with Gasteiger partial charge in [0.25, 0.3) is 0 Å². The molecule has 0 aliphatic carbocycles. The van der Waals surface area contributed by atoms with Gasteiger partial charge in [-0.25, -0.2) is 4.98 Å². The Morgan fingerprint density at radius 2 is 1.54 bits per heavy atom. The molecule has 10 nitrogen and oxygen atoms in total. The van der Waals surface area contributed by atoms with Crippen molar-refractivity contribution in [2.45, 2.75) is 50.9 Å². The normalized spacial score (nSPS) is 17.3. The van der Waals surface area contributed by atoms with E-state index in [1.807, 2.05) is 42.5 Å². The number of hydrogen-bond donors (Lipinski definition) is 4. The molecule has 2 atom stereocenters. The molecule has 256 valence electrons. The van der Waals surface area contributed by atoms with Crippen LogP contribution in [-0.4, -0.2) is 59.0 Å². The number of pyridine rings is 3. The molecular weight excluding hydrogens is 673 g/mol. The average molecular weight is 711 g/mol. The van der Waals surface area contributed by atoms with E-state index in [0.717, 1.165) is 63.7 Å². The molecule has 5 heterocycles. The molecule has 2 fully saturated rings. The van der Waals surface area contributed by atoms with Gasteiger partial charge in [0.05, 0.1) is 34.1 Å². The third-order valence-corrected chi connectivity index (χ3v) is 9.99. The molecule has 2 aliphatic rings. The monoisotopic (exact) mass is 709 g/mol. The van der Waals surface area contributed by atoms with Crippen molar-refractivity contribution in [3.8, 4) is 39.5 Å². The van der Waals surface area contributed by atoms with Crippen molar-refractivity contribution >= 4 is 45.9 Å². The van der Waals surface area contributed by atoms with E-state index in [2.05, 4.69) is 44.5 Å². The highest BCUT2D eigenvalue weighted by molar-refractivity contribution is 6.39. The molecule has 2 aliphatic heterocycles. The summed E-state index contributed by atoms with van der Waals surface area (Å²) in [4.78, 5) is 37.1. The smallest absolute Gasteiger partial charge is 0.220 e. The lowest BCUT2D eigenvalue weighted by Crippen LogP contribution is -2.35. The first-order chi connectivity index (χ1) is 24.4. The van der Waals surface area contributed by atoms with E-state index >= 15 is 0 Å². The Morgan fingerprint density at radius 3 is 2.26 bits per heavy atom. The van der Waals surface area contributed by atoms with Crippen molar-refractivity contribution in [3.05, 3.63) is 94.2 Å². The molecule has 2 amide bonds. The number of carbonyl (C=O) groups excluding carboxylic acids is 2. The molecule has 12 heteroatoms. The number of rotatable bonds is 12. The molecule has 5 aromatic rings. The van der Waals surface area contributed by atoms with Crippen LogP contribution in [0, 0.1) is 0 Å². The molecule has 4 N–H and O–H groups in total. The molecule has 3 aromatic heterocycles. The van der Waals surface area contributed by atoms with Crippen molar-refractivity contribution < 1.29 is 14.3 Å². The summed E-state index contributed by atoms with van der Waals surface area (Å²) < 4.78 is 5.65. The number of nitrogens with one attached hydrogen (secondary N) is 4. The van der Waals surface area contributed by atoms with Crippen LogP contribution in [0.25, 0.3) is 44.5 Å². The van der Waals surface area contributed by atoms with E-state index < -0.39 is 0 Å². The number of methoxy groups -OCH3 is 1. The Bertz CT molecular complexity index is 2070. The highest BCUT2D eigenvalue weighted by Gasteiger charge is 2.22. The second-order valence-electron chi connectivity index (χ2n) is 12.7. The van der Waals surface area contributed by atoms with Crippen molar-refractivity contribution in [2.75, 3.05) is 20.2 Å². The van der Waals surface area contributed by atoms with E-state index in [0.29, 0.717) is 59.8 Å². The van der Waals surface area contributed by atoms with Crippen LogP contribution in [0.2, 0.25) is 10.0 Å². The van der Waals surface area contributed by atoms with Gasteiger partial charge in [-0.2, -0.15) is 0 Å². The standard InChI is InChI=1S/C38H37Cl2N7O3/c1-50-38-24(18-42-21-27-9-12-34(49)46-27)7-10-31(47-38)30-4-2-3-28(35(30)39)29-13-14-43-37(36(29)40)25-16-23-6-5-22(15-32(23)44-19-25)17-41-20-26-8-11-33(48)45-26/h2-7,10,13-16,19,26-27,41-42H,8-9,11-12,17-18,20-21H2,1H3,(H,45,48)(H,46,49)/t26-,27+/m1/s1. The fraction of sp³-hybridized carbons (Fsp3) is 0.289. The summed E-state index contributed by atoms with van der Waals surface area (Å²) in [5.41, 5.74) is 7.22. The molecule has 0 unspecified atom stereocenters. The fourth-order valence-electron chi connectivity index (χ4n) is 6.56. The third-order valence-electron chi connectivity index (χ3n) is 9.20. The molecule has 0 bridgehead atoms. The molecule has 2 saturated heterocycles. The predicted octanol–water partition coefficient (Wildman–Crippen LogP) is 6.08. The summed E-state index contributed by atoms with van der Waals surface area (Å²) >= 11 is 14.1. The first-order valence-corrected chi connectivity index (χ1v) is 17.5. The number of halogens is 2. The summed E-state index contributed by atoms with van der Waals surface area (Å²) in [6.45, 7) is 2.66. The Kier molecular flexibility index (Phi) is 10.2. The van der Waals surface area contributed by atoms with E-state index in [-0.39, 0.29) is 23.9 Å². The van der Waals surface area contributed by atoms with Crippen LogP contribution in [0.5, 0.6) is 5.88 Å². The summed E-state index contributed by atoms with van der Waals surface area (Å²) in [7, 11) is 1.60. The SMILES string of the molecule is COc1nc(-c2cccc(-c3ccnc(-c4cnc5cc(CNC[C@H]6CCC(=O)N6)ccc5c4)c3Cl)c2Cl)ccc1CNC[C@@H]1CCC(=O)N1. The lowest BCUT2D eigenvalue weighted by Gasteiger charge is -2.15.